The Kier molecular flexibility index (Phi) is 7.59. The highest BCUT2D eigenvalue weighted by atomic mass is 16.3. The van der Waals surface area contributed by atoms with Gasteiger partial charge >= 0.3 is 0 Å². The van der Waals surface area contributed by atoms with Gasteiger partial charge in [-0.2, -0.15) is 0 Å². The molecular weight excluding hydrogens is 726 g/mol. The van der Waals surface area contributed by atoms with Crippen molar-refractivity contribution >= 4 is 80.9 Å². The molecule has 10 heteroatoms. The molecule has 8 nitrogen and oxygen atoms in total. The number of rotatable bonds is 4. The van der Waals surface area contributed by atoms with Gasteiger partial charge in [0, 0.05) is 38.4 Å². The van der Waals surface area contributed by atoms with Crippen LogP contribution >= 0.6 is 0 Å². The van der Waals surface area contributed by atoms with Crippen molar-refractivity contribution < 1.29 is 40.2 Å². The highest BCUT2D eigenvalue weighted by molar-refractivity contribution is 6.41. The van der Waals surface area contributed by atoms with Gasteiger partial charge in [-0.1, -0.05) is 109 Å². The molecule has 0 atom stereocenters. The second-order valence-corrected chi connectivity index (χ2v) is 14.3. The van der Waals surface area contributed by atoms with Crippen molar-refractivity contribution in [3.05, 3.63) is 127 Å². The number of furan rings is 1. The number of aromatic hydroxyl groups is 7. The molecule has 4 radical (unpaired) electrons. The van der Waals surface area contributed by atoms with Gasteiger partial charge in [-0.05, 0) is 78.3 Å². The first-order chi connectivity index (χ1) is 28.1. The van der Waals surface area contributed by atoms with E-state index in [2.05, 4.69) is 36.4 Å². The van der Waals surface area contributed by atoms with E-state index >= 15 is 0 Å². The quantitative estimate of drug-likeness (QED) is 0.0406. The summed E-state index contributed by atoms with van der Waals surface area (Å²) in [5.41, 5.74) is 3.24. The number of fused-ring (bicyclic) bond motifs is 7. The van der Waals surface area contributed by atoms with Crippen LogP contribution in [0.4, 0.5) is 0 Å². The molecule has 9 aromatic carbocycles. The van der Waals surface area contributed by atoms with Crippen LogP contribution in [-0.4, -0.2) is 51.4 Å². The monoisotopic (exact) mass is 754 g/mol. The van der Waals surface area contributed by atoms with E-state index < -0.39 is 62.3 Å². The standard InChI is InChI=1S/C48H28B2O8/c49-39-38(43(53)46(56)47(57)44(39)54)37-36(41(51)40(50)45(55)42(37)52)35-27-15-7-5-13-25(27)34(26-14-6-8-16-28(26)35)23-18-19-33-31(20-23)32-21-30(22-10-2-1-3-11-22)24-12-4-9-17-29(24)48(32)58-33/h1-21,51-57H. The van der Waals surface area contributed by atoms with Crippen LogP contribution in [0, 0.1) is 0 Å². The van der Waals surface area contributed by atoms with Gasteiger partial charge in [-0.15, -0.1) is 0 Å². The first-order valence-corrected chi connectivity index (χ1v) is 18.3. The van der Waals surface area contributed by atoms with Gasteiger partial charge in [0.2, 0.25) is 11.5 Å². The van der Waals surface area contributed by atoms with E-state index in [-0.39, 0.29) is 5.56 Å². The topological polar surface area (TPSA) is 155 Å². The van der Waals surface area contributed by atoms with Gasteiger partial charge in [0.1, 0.15) is 32.6 Å². The highest BCUT2D eigenvalue weighted by Gasteiger charge is 2.32. The normalized spacial score (nSPS) is 11.7. The second kappa shape index (κ2) is 12.7. The summed E-state index contributed by atoms with van der Waals surface area (Å²) in [6, 6.07) is 41.5. The summed E-state index contributed by atoms with van der Waals surface area (Å²) in [4.78, 5) is 0. The zero-order chi connectivity index (χ0) is 40.1. The molecule has 0 saturated carbocycles. The molecule has 0 unspecified atom stereocenters. The fourth-order valence-electron chi connectivity index (χ4n) is 8.50. The van der Waals surface area contributed by atoms with E-state index in [1.54, 1.807) is 12.1 Å². The Morgan fingerprint density at radius 3 is 1.47 bits per heavy atom. The van der Waals surface area contributed by atoms with Crippen molar-refractivity contribution in [2.75, 3.05) is 0 Å². The first-order valence-electron chi connectivity index (χ1n) is 18.3. The number of phenols is 7. The van der Waals surface area contributed by atoms with Crippen molar-refractivity contribution in [1.29, 1.82) is 0 Å². The summed E-state index contributed by atoms with van der Waals surface area (Å²) in [6.45, 7) is 0. The maximum absolute atomic E-state index is 11.9. The van der Waals surface area contributed by atoms with Gasteiger partial charge < -0.3 is 40.2 Å². The molecule has 0 aliphatic heterocycles. The molecule has 10 aromatic rings. The molecule has 10 rings (SSSR count). The van der Waals surface area contributed by atoms with Crippen LogP contribution < -0.4 is 10.9 Å². The molecular formula is C48H28B2O8. The Labute approximate surface area is 332 Å². The molecule has 0 aliphatic carbocycles. The fraction of sp³-hybridized carbons (Fsp3) is 0. The highest BCUT2D eigenvalue weighted by Crippen LogP contribution is 2.56. The van der Waals surface area contributed by atoms with E-state index in [1.165, 1.54) is 0 Å². The van der Waals surface area contributed by atoms with Crippen molar-refractivity contribution in [2.45, 2.75) is 0 Å². The molecule has 58 heavy (non-hydrogen) atoms. The minimum atomic E-state index is -1.14. The number of benzene rings is 9. The Morgan fingerprint density at radius 2 is 0.828 bits per heavy atom. The summed E-state index contributed by atoms with van der Waals surface area (Å²) in [6.07, 6.45) is 0. The Bertz CT molecular complexity index is 3310. The lowest BCUT2D eigenvalue weighted by atomic mass is 9.76. The number of phenolic OH excluding ortho intramolecular Hbond substituents is 7. The van der Waals surface area contributed by atoms with E-state index in [0.717, 1.165) is 60.2 Å². The minimum absolute atomic E-state index is 0.171. The number of hydrogen-bond acceptors (Lipinski definition) is 8. The summed E-state index contributed by atoms with van der Waals surface area (Å²) >= 11 is 0. The third kappa shape index (κ3) is 4.78. The largest absolute Gasteiger partial charge is 0.508 e. The smallest absolute Gasteiger partial charge is 0.204 e. The lowest BCUT2D eigenvalue weighted by Gasteiger charge is -2.24. The molecule has 0 spiro atoms. The van der Waals surface area contributed by atoms with Gasteiger partial charge in [0.25, 0.3) is 0 Å². The lowest BCUT2D eigenvalue weighted by Crippen LogP contribution is -2.12. The molecule has 0 fully saturated rings. The van der Waals surface area contributed by atoms with Crippen molar-refractivity contribution in [3.63, 3.8) is 0 Å². The maximum Gasteiger partial charge on any atom is 0.204 e. The molecule has 274 valence electrons. The van der Waals surface area contributed by atoms with Crippen LogP contribution in [0.3, 0.4) is 0 Å². The van der Waals surface area contributed by atoms with Gasteiger partial charge in [0.05, 0.1) is 0 Å². The average molecular weight is 754 g/mol. The number of hydrogen-bond donors (Lipinski definition) is 7. The van der Waals surface area contributed by atoms with Gasteiger partial charge in [0.15, 0.2) is 23.0 Å². The molecule has 0 amide bonds. The summed E-state index contributed by atoms with van der Waals surface area (Å²) in [5.74, 6) is -6.78. The lowest BCUT2D eigenvalue weighted by molar-refractivity contribution is 0.348. The molecule has 7 N–H and O–H groups in total. The van der Waals surface area contributed by atoms with Crippen LogP contribution in [0.2, 0.25) is 0 Å². The first kappa shape index (κ1) is 34.8. The predicted octanol–water partition coefficient (Wildman–Crippen LogP) is 9.24. The minimum Gasteiger partial charge on any atom is -0.508 e. The second-order valence-electron chi connectivity index (χ2n) is 14.3. The Balaban J connectivity index is 1.31. The van der Waals surface area contributed by atoms with Crippen molar-refractivity contribution in [1.82, 2.24) is 0 Å². The third-order valence-electron chi connectivity index (χ3n) is 11.2. The van der Waals surface area contributed by atoms with E-state index in [4.69, 9.17) is 20.1 Å². The third-order valence-corrected chi connectivity index (χ3v) is 11.2. The van der Waals surface area contributed by atoms with Gasteiger partial charge in [-0.3, -0.25) is 0 Å². The van der Waals surface area contributed by atoms with E-state index in [1.807, 2.05) is 78.9 Å². The molecule has 0 bridgehead atoms. The SMILES string of the molecule is [B]c1c(O)c(O)c(-c2c([B])c(O)c(O)c(O)c2O)c(-c2c3ccccc3c(-c3ccc4oc5c6ccccc6c(-c6ccccc6)cc5c4c3)c3ccccc23)c1O. The Morgan fingerprint density at radius 1 is 0.328 bits per heavy atom. The van der Waals surface area contributed by atoms with Crippen LogP contribution in [-0.2, 0) is 0 Å². The van der Waals surface area contributed by atoms with Crippen LogP contribution in [0.5, 0.6) is 40.2 Å². The van der Waals surface area contributed by atoms with E-state index in [9.17, 15) is 35.7 Å². The molecule has 1 aromatic heterocycles. The predicted molar refractivity (Wildman–Crippen MR) is 230 cm³/mol. The van der Waals surface area contributed by atoms with Gasteiger partial charge in [-0.25, -0.2) is 0 Å². The summed E-state index contributed by atoms with van der Waals surface area (Å²) in [7, 11) is 12.4. The zero-order valence-electron chi connectivity index (χ0n) is 30.3. The van der Waals surface area contributed by atoms with Crippen LogP contribution in [0.15, 0.2) is 132 Å². The maximum atomic E-state index is 11.9. The Hall–Kier alpha value is -7.71. The van der Waals surface area contributed by atoms with Crippen LogP contribution in [0.1, 0.15) is 0 Å². The molecule has 0 saturated heterocycles. The summed E-state index contributed by atoms with van der Waals surface area (Å²) in [5, 5.41) is 83.6. The zero-order valence-corrected chi connectivity index (χ0v) is 30.3. The average Bonchev–Trinajstić information content (AvgIpc) is 3.63. The molecule has 0 aliphatic rings. The molecule has 1 heterocycles. The van der Waals surface area contributed by atoms with Crippen molar-refractivity contribution in [2.24, 2.45) is 0 Å². The summed E-state index contributed by atoms with van der Waals surface area (Å²) < 4.78 is 6.58. The fourth-order valence-corrected chi connectivity index (χ4v) is 8.50. The van der Waals surface area contributed by atoms with E-state index in [0.29, 0.717) is 21.9 Å². The van der Waals surface area contributed by atoms with Crippen LogP contribution in [0.25, 0.3) is 98.8 Å². The van der Waals surface area contributed by atoms with Crippen molar-refractivity contribution in [3.8, 4) is 84.8 Å².